The van der Waals surface area contributed by atoms with Gasteiger partial charge in [-0.25, -0.2) is 4.98 Å². The third kappa shape index (κ3) is 4.78. The highest BCUT2D eigenvalue weighted by Gasteiger charge is 2.16. The number of carbonyl (C=O) groups is 1. The highest BCUT2D eigenvalue weighted by atomic mass is 32.2. The summed E-state index contributed by atoms with van der Waals surface area (Å²) in [5, 5.41) is 3.97. The van der Waals surface area contributed by atoms with E-state index in [-0.39, 0.29) is 17.2 Å². The second-order valence-corrected chi connectivity index (χ2v) is 8.81. The quantitative estimate of drug-likeness (QED) is 0.323. The number of nitrogens with one attached hydrogen (secondary N) is 1. The molecule has 0 aliphatic rings. The number of thioether (sulfide) groups is 1. The van der Waals surface area contributed by atoms with Gasteiger partial charge in [-0.15, -0.1) is 0 Å². The molecule has 1 N–H and O–H groups in total. The van der Waals surface area contributed by atoms with Crippen LogP contribution in [0.3, 0.4) is 0 Å². The molecule has 33 heavy (non-hydrogen) atoms. The van der Waals surface area contributed by atoms with E-state index in [1.807, 2.05) is 63.2 Å². The maximum Gasteiger partial charge on any atom is 0.266 e. The summed E-state index contributed by atoms with van der Waals surface area (Å²) >= 11 is 1.23. The van der Waals surface area contributed by atoms with Crippen LogP contribution in [0.4, 0.5) is 5.69 Å². The van der Waals surface area contributed by atoms with Crippen LogP contribution >= 0.6 is 11.8 Å². The first-order valence-corrected chi connectivity index (χ1v) is 11.5. The van der Waals surface area contributed by atoms with E-state index in [9.17, 15) is 9.59 Å². The zero-order valence-electron chi connectivity index (χ0n) is 19.0. The number of hydrogen-bond acceptors (Lipinski definition) is 5. The van der Waals surface area contributed by atoms with Gasteiger partial charge in [0.2, 0.25) is 5.91 Å². The molecule has 4 aromatic rings. The van der Waals surface area contributed by atoms with Crippen molar-refractivity contribution in [2.45, 2.75) is 25.9 Å². The average molecular weight is 460 g/mol. The van der Waals surface area contributed by atoms with E-state index in [0.717, 1.165) is 22.4 Å². The van der Waals surface area contributed by atoms with Gasteiger partial charge in [0.05, 0.1) is 29.5 Å². The van der Waals surface area contributed by atoms with Gasteiger partial charge in [0.1, 0.15) is 5.75 Å². The summed E-state index contributed by atoms with van der Waals surface area (Å²) < 4.78 is 6.87. The number of aromatic nitrogens is 2. The summed E-state index contributed by atoms with van der Waals surface area (Å²) in [5.41, 5.74) is 5.04. The SMILES string of the molecule is COc1cccc(-n2c(SCC(=O)Nc3c(C)cc(C)cc3C)nc3ccccc3c2=O)c1. The van der Waals surface area contributed by atoms with Crippen molar-refractivity contribution in [3.8, 4) is 11.4 Å². The van der Waals surface area contributed by atoms with E-state index in [1.54, 1.807) is 25.3 Å². The predicted octanol–water partition coefficient (Wildman–Crippen LogP) is 5.05. The van der Waals surface area contributed by atoms with Crippen molar-refractivity contribution in [1.82, 2.24) is 9.55 Å². The summed E-state index contributed by atoms with van der Waals surface area (Å²) in [5.74, 6) is 0.586. The van der Waals surface area contributed by atoms with E-state index >= 15 is 0 Å². The van der Waals surface area contributed by atoms with E-state index in [0.29, 0.717) is 27.5 Å². The zero-order chi connectivity index (χ0) is 23.5. The maximum absolute atomic E-state index is 13.4. The Labute approximate surface area is 196 Å². The van der Waals surface area contributed by atoms with Gasteiger partial charge in [-0.3, -0.25) is 14.2 Å². The Hall–Kier alpha value is -3.58. The van der Waals surface area contributed by atoms with E-state index < -0.39 is 0 Å². The first kappa shape index (κ1) is 22.6. The number of rotatable bonds is 6. The molecule has 1 heterocycles. The molecule has 3 aromatic carbocycles. The van der Waals surface area contributed by atoms with Crippen LogP contribution in [-0.2, 0) is 4.79 Å². The first-order valence-electron chi connectivity index (χ1n) is 10.5. The number of carbonyl (C=O) groups excluding carboxylic acids is 1. The van der Waals surface area contributed by atoms with Crippen molar-refractivity contribution in [1.29, 1.82) is 0 Å². The second-order valence-electron chi connectivity index (χ2n) is 7.86. The molecule has 0 bridgehead atoms. The molecule has 0 aliphatic heterocycles. The number of benzene rings is 3. The van der Waals surface area contributed by atoms with Crippen LogP contribution in [0.2, 0.25) is 0 Å². The summed E-state index contributed by atoms with van der Waals surface area (Å²) in [6.07, 6.45) is 0. The molecular formula is C26H25N3O3S. The third-order valence-electron chi connectivity index (χ3n) is 5.33. The summed E-state index contributed by atoms with van der Waals surface area (Å²) in [7, 11) is 1.58. The molecule has 0 fully saturated rings. The minimum Gasteiger partial charge on any atom is -0.497 e. The number of amides is 1. The molecule has 0 saturated heterocycles. The lowest BCUT2D eigenvalue weighted by Gasteiger charge is -2.15. The van der Waals surface area contributed by atoms with Crippen LogP contribution in [0, 0.1) is 20.8 Å². The van der Waals surface area contributed by atoms with Crippen molar-refractivity contribution >= 4 is 34.3 Å². The molecule has 168 valence electrons. The molecule has 1 aromatic heterocycles. The predicted molar refractivity (Wildman–Crippen MR) is 134 cm³/mol. The maximum atomic E-state index is 13.4. The summed E-state index contributed by atoms with van der Waals surface area (Å²) in [4.78, 5) is 30.9. The van der Waals surface area contributed by atoms with Gasteiger partial charge < -0.3 is 10.1 Å². The lowest BCUT2D eigenvalue weighted by molar-refractivity contribution is -0.113. The molecule has 7 heteroatoms. The van der Waals surface area contributed by atoms with Gasteiger partial charge in [-0.05, 0) is 56.2 Å². The van der Waals surface area contributed by atoms with Gasteiger partial charge in [0, 0.05) is 11.8 Å². The topological polar surface area (TPSA) is 73.2 Å². The highest BCUT2D eigenvalue weighted by Crippen LogP contribution is 2.25. The number of methoxy groups -OCH3 is 1. The second kappa shape index (κ2) is 9.50. The number of ether oxygens (including phenoxy) is 1. The number of anilines is 1. The first-order chi connectivity index (χ1) is 15.9. The standard InChI is InChI=1S/C26H25N3O3S/c1-16-12-17(2)24(18(3)13-16)28-23(30)15-33-26-27-22-11-6-5-10-21(22)25(31)29(26)19-8-7-9-20(14-19)32-4/h5-14H,15H2,1-4H3,(H,28,30). The normalized spacial score (nSPS) is 10.9. The minimum absolute atomic E-state index is 0.113. The van der Waals surface area contributed by atoms with Crippen LogP contribution in [0.5, 0.6) is 5.75 Å². The van der Waals surface area contributed by atoms with E-state index in [2.05, 4.69) is 5.32 Å². The van der Waals surface area contributed by atoms with E-state index in [1.165, 1.54) is 16.3 Å². The van der Waals surface area contributed by atoms with Crippen molar-refractivity contribution in [3.05, 3.63) is 87.7 Å². The number of para-hydroxylation sites is 1. The van der Waals surface area contributed by atoms with Crippen LogP contribution in [0.15, 0.2) is 70.6 Å². The Morgan fingerprint density at radius 2 is 1.76 bits per heavy atom. The van der Waals surface area contributed by atoms with Crippen molar-refractivity contribution in [2.24, 2.45) is 0 Å². The zero-order valence-corrected chi connectivity index (χ0v) is 19.8. The Balaban J connectivity index is 1.68. The Morgan fingerprint density at radius 1 is 1.03 bits per heavy atom. The van der Waals surface area contributed by atoms with Crippen LogP contribution in [0.1, 0.15) is 16.7 Å². The van der Waals surface area contributed by atoms with E-state index in [4.69, 9.17) is 9.72 Å². The Morgan fingerprint density at radius 3 is 2.48 bits per heavy atom. The van der Waals surface area contributed by atoms with Gasteiger partial charge in [0.25, 0.3) is 5.56 Å². The molecule has 0 spiro atoms. The average Bonchev–Trinajstić information content (AvgIpc) is 2.80. The lowest BCUT2D eigenvalue weighted by atomic mass is 10.1. The number of hydrogen-bond donors (Lipinski definition) is 1. The number of nitrogens with zero attached hydrogens (tertiary/aromatic N) is 2. The molecule has 0 radical (unpaired) electrons. The fourth-order valence-corrected chi connectivity index (χ4v) is 4.68. The van der Waals surface area contributed by atoms with Crippen molar-refractivity contribution < 1.29 is 9.53 Å². The monoisotopic (exact) mass is 459 g/mol. The lowest BCUT2D eigenvalue weighted by Crippen LogP contribution is -2.23. The van der Waals surface area contributed by atoms with Crippen LogP contribution < -0.4 is 15.6 Å². The fourth-order valence-electron chi connectivity index (χ4n) is 3.87. The highest BCUT2D eigenvalue weighted by molar-refractivity contribution is 7.99. The molecule has 1 amide bonds. The smallest absolute Gasteiger partial charge is 0.266 e. The molecule has 0 atom stereocenters. The Bertz CT molecular complexity index is 1390. The van der Waals surface area contributed by atoms with Gasteiger partial charge in [-0.1, -0.05) is 47.7 Å². The molecule has 0 unspecified atom stereocenters. The van der Waals surface area contributed by atoms with Gasteiger partial charge in [0.15, 0.2) is 5.16 Å². The molecule has 0 aliphatic carbocycles. The Kier molecular flexibility index (Phi) is 6.51. The summed E-state index contributed by atoms with van der Waals surface area (Å²) in [6, 6.07) is 18.5. The minimum atomic E-state index is -0.193. The third-order valence-corrected chi connectivity index (χ3v) is 6.27. The fraction of sp³-hybridized carbons (Fsp3) is 0.192. The largest absolute Gasteiger partial charge is 0.497 e. The van der Waals surface area contributed by atoms with Crippen LogP contribution in [-0.4, -0.2) is 28.3 Å². The molecule has 4 rings (SSSR count). The number of fused-ring (bicyclic) bond motifs is 1. The number of aryl methyl sites for hydroxylation is 3. The van der Waals surface area contributed by atoms with Crippen LogP contribution in [0.25, 0.3) is 16.6 Å². The van der Waals surface area contributed by atoms with Gasteiger partial charge in [-0.2, -0.15) is 0 Å². The molecule has 6 nitrogen and oxygen atoms in total. The molecule has 0 saturated carbocycles. The van der Waals surface area contributed by atoms with Crippen molar-refractivity contribution in [2.75, 3.05) is 18.2 Å². The molecular weight excluding hydrogens is 434 g/mol. The van der Waals surface area contributed by atoms with Gasteiger partial charge >= 0.3 is 0 Å². The summed E-state index contributed by atoms with van der Waals surface area (Å²) in [6.45, 7) is 5.99. The van der Waals surface area contributed by atoms with Crippen molar-refractivity contribution in [3.63, 3.8) is 0 Å².